The molecule has 1 fully saturated rings. The van der Waals surface area contributed by atoms with E-state index in [-0.39, 0.29) is 5.91 Å². The molecule has 1 saturated heterocycles. The van der Waals surface area contributed by atoms with Gasteiger partial charge >= 0.3 is 0 Å². The molecular formula is C15H17N3OS. The lowest BCUT2D eigenvalue weighted by molar-refractivity contribution is -0.117. The van der Waals surface area contributed by atoms with Crippen molar-refractivity contribution < 1.29 is 4.79 Å². The Morgan fingerprint density at radius 2 is 2.10 bits per heavy atom. The topological polar surface area (TPSA) is 38.1 Å². The first-order chi connectivity index (χ1) is 9.69. The van der Waals surface area contributed by atoms with E-state index >= 15 is 0 Å². The van der Waals surface area contributed by atoms with E-state index in [1.165, 1.54) is 0 Å². The molecule has 0 bridgehead atoms. The molecular weight excluding hydrogens is 270 g/mol. The van der Waals surface area contributed by atoms with Crippen LogP contribution in [0.2, 0.25) is 0 Å². The third-order valence-electron chi connectivity index (χ3n) is 3.55. The van der Waals surface area contributed by atoms with Gasteiger partial charge in [-0.3, -0.25) is 9.69 Å². The largest absolute Gasteiger partial charge is 0.296 e. The zero-order valence-electron chi connectivity index (χ0n) is 11.4. The number of thiol groups is 1. The van der Waals surface area contributed by atoms with Gasteiger partial charge < -0.3 is 0 Å². The van der Waals surface area contributed by atoms with E-state index < -0.39 is 0 Å². The molecule has 0 radical (unpaired) electrons. The molecule has 0 aliphatic carbocycles. The van der Waals surface area contributed by atoms with Gasteiger partial charge in [-0.15, -0.1) is 0 Å². The lowest BCUT2D eigenvalue weighted by Crippen LogP contribution is -2.27. The van der Waals surface area contributed by atoms with Crippen LogP contribution in [0, 0.1) is 12.8 Å². The van der Waals surface area contributed by atoms with Gasteiger partial charge in [0.25, 0.3) is 0 Å². The van der Waals surface area contributed by atoms with Crippen LogP contribution in [0.1, 0.15) is 12.1 Å². The highest BCUT2D eigenvalue weighted by atomic mass is 32.1. The van der Waals surface area contributed by atoms with Crippen molar-refractivity contribution in [2.75, 3.05) is 17.2 Å². The van der Waals surface area contributed by atoms with Crippen LogP contribution in [-0.4, -0.2) is 28.0 Å². The van der Waals surface area contributed by atoms with Gasteiger partial charge in [0, 0.05) is 19.0 Å². The van der Waals surface area contributed by atoms with Crippen molar-refractivity contribution >= 4 is 24.4 Å². The lowest BCUT2D eigenvalue weighted by atomic mass is 10.1. The summed E-state index contributed by atoms with van der Waals surface area (Å²) in [4.78, 5) is 14.0. The summed E-state index contributed by atoms with van der Waals surface area (Å²) in [5.41, 5.74) is 1.88. The highest BCUT2D eigenvalue weighted by molar-refractivity contribution is 7.80. The fraction of sp³-hybridized carbons (Fsp3) is 0.333. The molecule has 0 N–H and O–H groups in total. The third-order valence-corrected chi connectivity index (χ3v) is 4.07. The van der Waals surface area contributed by atoms with Crippen molar-refractivity contribution in [2.45, 2.75) is 13.3 Å². The fourth-order valence-electron chi connectivity index (χ4n) is 2.56. The zero-order valence-corrected chi connectivity index (χ0v) is 12.3. The first kappa shape index (κ1) is 13.2. The Morgan fingerprint density at radius 1 is 1.35 bits per heavy atom. The minimum atomic E-state index is 0.154. The normalized spacial score (nSPS) is 18.8. The summed E-state index contributed by atoms with van der Waals surface area (Å²) >= 11 is 4.31. The molecule has 5 heteroatoms. The van der Waals surface area contributed by atoms with Gasteiger partial charge in [-0.1, -0.05) is 18.2 Å². The summed E-state index contributed by atoms with van der Waals surface area (Å²) in [5.74, 6) is 2.06. The van der Waals surface area contributed by atoms with Gasteiger partial charge in [0.1, 0.15) is 5.82 Å². The molecule has 2 aromatic rings. The minimum Gasteiger partial charge on any atom is -0.296 e. The molecule has 20 heavy (non-hydrogen) atoms. The Kier molecular flexibility index (Phi) is 3.53. The van der Waals surface area contributed by atoms with E-state index in [1.54, 1.807) is 0 Å². The quantitative estimate of drug-likeness (QED) is 0.881. The summed E-state index contributed by atoms with van der Waals surface area (Å²) in [7, 11) is 0. The first-order valence-corrected chi connectivity index (χ1v) is 7.35. The number of amides is 1. The molecule has 1 atom stereocenters. The first-order valence-electron chi connectivity index (χ1n) is 6.72. The van der Waals surface area contributed by atoms with Crippen molar-refractivity contribution in [1.29, 1.82) is 0 Å². The number of nitrogens with zero attached hydrogens (tertiary/aromatic N) is 3. The van der Waals surface area contributed by atoms with Crippen LogP contribution in [0.3, 0.4) is 0 Å². The second-order valence-electron chi connectivity index (χ2n) is 5.15. The number of aryl methyl sites for hydroxylation is 1. The van der Waals surface area contributed by atoms with Crippen LogP contribution in [0.15, 0.2) is 36.4 Å². The fourth-order valence-corrected chi connectivity index (χ4v) is 2.81. The molecule has 1 aliphatic heterocycles. The summed E-state index contributed by atoms with van der Waals surface area (Å²) in [6.45, 7) is 2.67. The number of aromatic nitrogens is 2. The van der Waals surface area contributed by atoms with E-state index in [9.17, 15) is 4.79 Å². The molecule has 1 aromatic heterocycles. The number of hydrogen-bond acceptors (Lipinski definition) is 3. The molecule has 3 rings (SSSR count). The molecule has 4 nitrogen and oxygen atoms in total. The molecule has 1 unspecified atom stereocenters. The number of carbonyl (C=O) groups excluding carboxylic acids is 1. The standard InChI is InChI=1S/C15H17N3OS/c1-11-7-14(17-9-12(10-20)8-15(17)19)18(16-11)13-5-3-2-4-6-13/h2-7,12,20H,8-10H2,1H3. The van der Waals surface area contributed by atoms with Gasteiger partial charge in [0.2, 0.25) is 5.91 Å². The van der Waals surface area contributed by atoms with Gasteiger partial charge in [0.05, 0.1) is 11.4 Å². The number of benzene rings is 1. The van der Waals surface area contributed by atoms with E-state index in [2.05, 4.69) is 17.7 Å². The molecule has 2 heterocycles. The van der Waals surface area contributed by atoms with Crippen LogP contribution in [0.5, 0.6) is 0 Å². The van der Waals surface area contributed by atoms with Crippen LogP contribution < -0.4 is 4.90 Å². The molecule has 104 valence electrons. The zero-order chi connectivity index (χ0) is 14.1. The molecule has 1 aliphatic rings. The van der Waals surface area contributed by atoms with E-state index in [1.807, 2.05) is 52.9 Å². The smallest absolute Gasteiger partial charge is 0.228 e. The number of carbonyl (C=O) groups is 1. The summed E-state index contributed by atoms with van der Waals surface area (Å²) in [5, 5.41) is 4.51. The number of para-hydroxylation sites is 1. The average Bonchev–Trinajstić information content (AvgIpc) is 3.02. The van der Waals surface area contributed by atoms with E-state index in [0.717, 1.165) is 29.5 Å². The van der Waals surface area contributed by atoms with Gasteiger partial charge in [-0.2, -0.15) is 17.7 Å². The Morgan fingerprint density at radius 3 is 2.75 bits per heavy atom. The lowest BCUT2D eigenvalue weighted by Gasteiger charge is -2.17. The minimum absolute atomic E-state index is 0.154. The molecule has 0 spiro atoms. The van der Waals surface area contributed by atoms with Crippen molar-refractivity contribution in [2.24, 2.45) is 5.92 Å². The predicted octanol–water partition coefficient (Wildman–Crippen LogP) is 2.46. The highest BCUT2D eigenvalue weighted by Gasteiger charge is 2.32. The Labute approximate surface area is 123 Å². The summed E-state index contributed by atoms with van der Waals surface area (Å²) in [6.07, 6.45) is 0.572. The van der Waals surface area contributed by atoms with Crippen molar-refractivity contribution in [3.8, 4) is 5.69 Å². The van der Waals surface area contributed by atoms with Crippen LogP contribution in [0.25, 0.3) is 5.69 Å². The Hall–Kier alpha value is -1.75. The van der Waals surface area contributed by atoms with Crippen molar-refractivity contribution in [1.82, 2.24) is 9.78 Å². The molecule has 0 saturated carbocycles. The predicted molar refractivity (Wildman–Crippen MR) is 82.6 cm³/mol. The number of hydrogen-bond donors (Lipinski definition) is 1. The van der Waals surface area contributed by atoms with E-state index in [4.69, 9.17) is 0 Å². The number of rotatable bonds is 3. The molecule has 1 aromatic carbocycles. The second-order valence-corrected chi connectivity index (χ2v) is 5.51. The van der Waals surface area contributed by atoms with Crippen molar-refractivity contribution in [3.05, 3.63) is 42.1 Å². The SMILES string of the molecule is Cc1cc(N2CC(CS)CC2=O)n(-c2ccccc2)n1. The van der Waals surface area contributed by atoms with Gasteiger partial charge in [-0.25, -0.2) is 4.68 Å². The summed E-state index contributed by atoms with van der Waals surface area (Å²) < 4.78 is 1.84. The third kappa shape index (κ3) is 2.33. The van der Waals surface area contributed by atoms with Crippen molar-refractivity contribution in [3.63, 3.8) is 0 Å². The van der Waals surface area contributed by atoms with E-state index in [0.29, 0.717) is 12.3 Å². The maximum Gasteiger partial charge on any atom is 0.228 e. The average molecular weight is 287 g/mol. The second kappa shape index (κ2) is 5.32. The van der Waals surface area contributed by atoms with Crippen LogP contribution >= 0.6 is 12.6 Å². The van der Waals surface area contributed by atoms with Gasteiger partial charge in [0.15, 0.2) is 0 Å². The summed E-state index contributed by atoms with van der Waals surface area (Å²) in [6, 6.07) is 11.9. The monoisotopic (exact) mass is 287 g/mol. The van der Waals surface area contributed by atoms with Gasteiger partial charge in [-0.05, 0) is 30.7 Å². The van der Waals surface area contributed by atoms with Crippen LogP contribution in [-0.2, 0) is 4.79 Å². The maximum atomic E-state index is 12.2. The highest BCUT2D eigenvalue weighted by Crippen LogP contribution is 2.28. The maximum absolute atomic E-state index is 12.2. The molecule has 1 amide bonds. The Bertz CT molecular complexity index is 623. The Balaban J connectivity index is 2.01. The van der Waals surface area contributed by atoms with Crippen LogP contribution in [0.4, 0.5) is 5.82 Å². The number of anilines is 1.